The van der Waals surface area contributed by atoms with E-state index >= 15 is 0 Å². The van der Waals surface area contributed by atoms with Gasteiger partial charge in [-0.2, -0.15) is 0 Å². The van der Waals surface area contributed by atoms with Crippen LogP contribution in [0.3, 0.4) is 0 Å². The molecule has 2 N–H and O–H groups in total. The van der Waals surface area contributed by atoms with Crippen molar-refractivity contribution < 1.29 is 4.74 Å². The third-order valence-corrected chi connectivity index (χ3v) is 3.13. The second-order valence-corrected chi connectivity index (χ2v) is 5.89. The number of hydrogen-bond acceptors (Lipinski definition) is 4. The maximum Gasteiger partial charge on any atom is 0.238 e. The molecule has 1 heterocycles. The lowest BCUT2D eigenvalue weighted by Gasteiger charge is -2.20. The molecule has 1 aromatic carbocycles. The average Bonchev–Trinajstić information content (AvgIpc) is 2.40. The Kier molecular flexibility index (Phi) is 4.04. The van der Waals surface area contributed by atoms with E-state index in [0.29, 0.717) is 18.1 Å². The second-order valence-electron chi connectivity index (χ2n) is 5.89. The molecule has 4 heteroatoms. The fourth-order valence-corrected chi connectivity index (χ4v) is 1.88. The highest BCUT2D eigenvalue weighted by atomic mass is 16.5. The van der Waals surface area contributed by atoms with Gasteiger partial charge in [0.25, 0.3) is 0 Å². The SMILES string of the molecule is Cc1cc(C(C)(C)C)ccc1Oc1cncc(CN)n1. The van der Waals surface area contributed by atoms with E-state index in [-0.39, 0.29) is 5.41 Å². The predicted octanol–water partition coefficient (Wildman–Crippen LogP) is 3.33. The van der Waals surface area contributed by atoms with Gasteiger partial charge < -0.3 is 10.5 Å². The first-order valence-corrected chi connectivity index (χ1v) is 6.70. The van der Waals surface area contributed by atoms with E-state index in [1.807, 2.05) is 13.0 Å². The zero-order chi connectivity index (χ0) is 14.8. The molecule has 0 bridgehead atoms. The first kappa shape index (κ1) is 14.5. The smallest absolute Gasteiger partial charge is 0.238 e. The van der Waals surface area contributed by atoms with E-state index in [2.05, 4.69) is 42.9 Å². The number of aryl methyl sites for hydroxylation is 1. The van der Waals surface area contributed by atoms with Crippen LogP contribution in [0.2, 0.25) is 0 Å². The number of rotatable bonds is 3. The number of aromatic nitrogens is 2. The van der Waals surface area contributed by atoms with E-state index in [9.17, 15) is 0 Å². The molecule has 0 radical (unpaired) electrons. The quantitative estimate of drug-likeness (QED) is 0.930. The summed E-state index contributed by atoms with van der Waals surface area (Å²) in [4.78, 5) is 8.36. The number of benzene rings is 1. The molecule has 0 aliphatic carbocycles. The molecule has 2 aromatic rings. The molecule has 106 valence electrons. The van der Waals surface area contributed by atoms with Gasteiger partial charge in [0.1, 0.15) is 5.75 Å². The molecule has 0 aliphatic heterocycles. The van der Waals surface area contributed by atoms with Crippen LogP contribution in [0, 0.1) is 6.92 Å². The lowest BCUT2D eigenvalue weighted by molar-refractivity contribution is 0.453. The van der Waals surface area contributed by atoms with E-state index < -0.39 is 0 Å². The number of nitrogens with zero attached hydrogens (tertiary/aromatic N) is 2. The van der Waals surface area contributed by atoms with E-state index in [1.54, 1.807) is 12.4 Å². The van der Waals surface area contributed by atoms with Crippen molar-refractivity contribution in [1.29, 1.82) is 0 Å². The van der Waals surface area contributed by atoms with Crippen LogP contribution < -0.4 is 10.5 Å². The fourth-order valence-electron chi connectivity index (χ4n) is 1.88. The normalized spacial score (nSPS) is 11.4. The van der Waals surface area contributed by atoms with Crippen molar-refractivity contribution in [3.8, 4) is 11.6 Å². The Morgan fingerprint density at radius 1 is 1.20 bits per heavy atom. The zero-order valence-electron chi connectivity index (χ0n) is 12.5. The summed E-state index contributed by atoms with van der Waals surface area (Å²) in [6.45, 7) is 8.96. The number of nitrogens with two attached hydrogens (primary N) is 1. The van der Waals surface area contributed by atoms with Gasteiger partial charge in [-0.3, -0.25) is 4.98 Å². The molecule has 2 rings (SSSR count). The van der Waals surface area contributed by atoms with Crippen LogP contribution in [-0.2, 0) is 12.0 Å². The molecule has 0 unspecified atom stereocenters. The molecule has 0 saturated heterocycles. The highest BCUT2D eigenvalue weighted by Crippen LogP contribution is 2.29. The molecule has 0 fully saturated rings. The van der Waals surface area contributed by atoms with Gasteiger partial charge in [0.2, 0.25) is 5.88 Å². The largest absolute Gasteiger partial charge is 0.437 e. The first-order valence-electron chi connectivity index (χ1n) is 6.70. The molecule has 4 nitrogen and oxygen atoms in total. The average molecular weight is 271 g/mol. The lowest BCUT2D eigenvalue weighted by Crippen LogP contribution is -2.11. The van der Waals surface area contributed by atoms with E-state index in [4.69, 9.17) is 10.5 Å². The van der Waals surface area contributed by atoms with Gasteiger partial charge in [0, 0.05) is 12.7 Å². The molecule has 0 atom stereocenters. The van der Waals surface area contributed by atoms with Crippen LogP contribution >= 0.6 is 0 Å². The number of ether oxygens (including phenoxy) is 1. The van der Waals surface area contributed by atoms with Crippen molar-refractivity contribution in [3.05, 3.63) is 47.4 Å². The Hall–Kier alpha value is -1.94. The minimum Gasteiger partial charge on any atom is -0.437 e. The Balaban J connectivity index is 2.25. The minimum atomic E-state index is 0.128. The van der Waals surface area contributed by atoms with Crippen molar-refractivity contribution in [1.82, 2.24) is 9.97 Å². The van der Waals surface area contributed by atoms with E-state index in [1.165, 1.54) is 5.56 Å². The summed E-state index contributed by atoms with van der Waals surface area (Å²) in [5.74, 6) is 1.26. The molecule has 0 amide bonds. The van der Waals surface area contributed by atoms with Gasteiger partial charge in [0.15, 0.2) is 0 Å². The summed E-state index contributed by atoms with van der Waals surface area (Å²) in [6.07, 6.45) is 3.23. The Bertz CT molecular complexity index is 603. The maximum atomic E-state index is 5.79. The summed E-state index contributed by atoms with van der Waals surface area (Å²) in [7, 11) is 0. The van der Waals surface area contributed by atoms with Crippen LogP contribution in [0.4, 0.5) is 0 Å². The van der Waals surface area contributed by atoms with Crippen molar-refractivity contribution in [2.24, 2.45) is 5.73 Å². The van der Waals surface area contributed by atoms with Gasteiger partial charge >= 0.3 is 0 Å². The molecule has 0 spiro atoms. The predicted molar refractivity (Wildman–Crippen MR) is 79.9 cm³/mol. The summed E-state index contributed by atoms with van der Waals surface area (Å²) >= 11 is 0. The molecule has 0 aliphatic rings. The summed E-state index contributed by atoms with van der Waals surface area (Å²) in [6, 6.07) is 6.21. The molecule has 0 saturated carbocycles. The van der Waals surface area contributed by atoms with Crippen molar-refractivity contribution in [3.63, 3.8) is 0 Å². The molecular weight excluding hydrogens is 250 g/mol. The Morgan fingerprint density at radius 3 is 2.55 bits per heavy atom. The molecular formula is C16H21N3O. The lowest BCUT2D eigenvalue weighted by atomic mass is 9.86. The van der Waals surface area contributed by atoms with Crippen LogP contribution in [0.1, 0.15) is 37.6 Å². The summed E-state index contributed by atoms with van der Waals surface area (Å²) in [5, 5.41) is 0. The third-order valence-electron chi connectivity index (χ3n) is 3.13. The van der Waals surface area contributed by atoms with E-state index in [0.717, 1.165) is 11.3 Å². The Labute approximate surface area is 120 Å². The standard InChI is InChI=1S/C16H21N3O/c1-11-7-12(16(2,3)4)5-6-14(11)20-15-10-18-9-13(8-17)19-15/h5-7,9-10H,8,17H2,1-4H3. The first-order chi connectivity index (χ1) is 9.40. The van der Waals surface area contributed by atoms with Crippen LogP contribution in [-0.4, -0.2) is 9.97 Å². The monoisotopic (exact) mass is 271 g/mol. The zero-order valence-corrected chi connectivity index (χ0v) is 12.5. The van der Waals surface area contributed by atoms with Gasteiger partial charge in [0.05, 0.1) is 11.9 Å². The maximum absolute atomic E-state index is 5.79. The van der Waals surface area contributed by atoms with Gasteiger partial charge in [-0.05, 0) is 29.5 Å². The van der Waals surface area contributed by atoms with Crippen molar-refractivity contribution in [2.75, 3.05) is 0 Å². The van der Waals surface area contributed by atoms with Crippen molar-refractivity contribution >= 4 is 0 Å². The van der Waals surface area contributed by atoms with Crippen LogP contribution in [0.25, 0.3) is 0 Å². The minimum absolute atomic E-state index is 0.128. The number of hydrogen-bond donors (Lipinski definition) is 1. The summed E-state index contributed by atoms with van der Waals surface area (Å²) in [5.41, 5.74) is 8.76. The van der Waals surface area contributed by atoms with Gasteiger partial charge in [-0.15, -0.1) is 0 Å². The second kappa shape index (κ2) is 5.59. The Morgan fingerprint density at radius 2 is 1.95 bits per heavy atom. The topological polar surface area (TPSA) is 61.0 Å². The third kappa shape index (κ3) is 3.33. The fraction of sp³-hybridized carbons (Fsp3) is 0.375. The van der Waals surface area contributed by atoms with Gasteiger partial charge in [-0.1, -0.05) is 32.9 Å². The van der Waals surface area contributed by atoms with Crippen LogP contribution in [0.15, 0.2) is 30.6 Å². The molecule has 1 aromatic heterocycles. The molecule has 20 heavy (non-hydrogen) atoms. The van der Waals surface area contributed by atoms with Gasteiger partial charge in [-0.25, -0.2) is 4.98 Å². The summed E-state index contributed by atoms with van der Waals surface area (Å²) < 4.78 is 5.79. The highest BCUT2D eigenvalue weighted by Gasteiger charge is 2.15. The highest BCUT2D eigenvalue weighted by molar-refractivity contribution is 5.40. The van der Waals surface area contributed by atoms with Crippen molar-refractivity contribution in [2.45, 2.75) is 39.7 Å². The van der Waals surface area contributed by atoms with Crippen LogP contribution in [0.5, 0.6) is 11.6 Å².